The summed E-state index contributed by atoms with van der Waals surface area (Å²) in [5.41, 5.74) is 7.84. The second kappa shape index (κ2) is 6.91. The van der Waals surface area contributed by atoms with Gasteiger partial charge >= 0.3 is 0 Å². The van der Waals surface area contributed by atoms with E-state index >= 15 is 0 Å². The molecule has 2 nitrogen and oxygen atoms in total. The van der Waals surface area contributed by atoms with Gasteiger partial charge in [0, 0.05) is 19.3 Å². The van der Waals surface area contributed by atoms with E-state index in [0.29, 0.717) is 5.92 Å². The minimum absolute atomic E-state index is 0.278. The molecule has 1 heterocycles. The van der Waals surface area contributed by atoms with E-state index in [1.807, 2.05) is 0 Å². The molecule has 0 saturated carbocycles. The smallest absolute Gasteiger partial charge is 0.0468 e. The highest BCUT2D eigenvalue weighted by Crippen LogP contribution is 2.28. The van der Waals surface area contributed by atoms with Gasteiger partial charge in [0.25, 0.3) is 0 Å². The average Bonchev–Trinajstić information content (AvgIpc) is 2.42. The molecule has 0 radical (unpaired) electrons. The predicted molar refractivity (Wildman–Crippen MR) is 75.6 cm³/mol. The first-order valence-corrected chi connectivity index (χ1v) is 7.19. The third-order valence-corrected chi connectivity index (χ3v) is 4.13. The Kier molecular flexibility index (Phi) is 5.21. The highest BCUT2D eigenvalue weighted by Gasteiger charge is 2.23. The first-order valence-electron chi connectivity index (χ1n) is 7.19. The summed E-state index contributed by atoms with van der Waals surface area (Å²) in [5.74, 6) is 1.25. The van der Waals surface area contributed by atoms with Crippen molar-refractivity contribution in [3.05, 3.63) is 35.9 Å². The van der Waals surface area contributed by atoms with Crippen LogP contribution in [-0.2, 0) is 4.74 Å². The van der Waals surface area contributed by atoms with Crippen LogP contribution in [0.3, 0.4) is 0 Å². The Bertz CT molecular complexity index is 332. The van der Waals surface area contributed by atoms with Crippen LogP contribution in [0.25, 0.3) is 0 Å². The lowest BCUT2D eigenvalue weighted by Crippen LogP contribution is -2.32. The van der Waals surface area contributed by atoms with Gasteiger partial charge in [0.2, 0.25) is 0 Å². The van der Waals surface area contributed by atoms with Crippen LogP contribution in [0.1, 0.15) is 44.1 Å². The highest BCUT2D eigenvalue weighted by molar-refractivity contribution is 5.21. The van der Waals surface area contributed by atoms with E-state index in [9.17, 15) is 0 Å². The molecule has 1 aliphatic heterocycles. The van der Waals surface area contributed by atoms with Crippen molar-refractivity contribution in [2.75, 3.05) is 13.2 Å². The van der Waals surface area contributed by atoms with Crippen molar-refractivity contribution < 1.29 is 4.74 Å². The van der Waals surface area contributed by atoms with Crippen molar-refractivity contribution in [1.82, 2.24) is 0 Å². The number of nitrogens with two attached hydrogens (primary N) is 1. The Morgan fingerprint density at radius 2 is 1.89 bits per heavy atom. The topological polar surface area (TPSA) is 35.2 Å². The van der Waals surface area contributed by atoms with Crippen LogP contribution in [0.2, 0.25) is 0 Å². The van der Waals surface area contributed by atoms with Gasteiger partial charge in [-0.2, -0.15) is 0 Å². The number of hydrogen-bond acceptors (Lipinski definition) is 2. The monoisotopic (exact) mass is 247 g/mol. The molecule has 2 N–H and O–H groups in total. The quantitative estimate of drug-likeness (QED) is 0.866. The van der Waals surface area contributed by atoms with Crippen molar-refractivity contribution in [2.45, 2.75) is 44.6 Å². The van der Waals surface area contributed by atoms with Crippen LogP contribution in [0.15, 0.2) is 30.3 Å². The Hall–Kier alpha value is -0.860. The molecule has 18 heavy (non-hydrogen) atoms. The molecule has 0 spiro atoms. The molecule has 1 aromatic rings. The number of ether oxygens (including phenoxy) is 1. The third-order valence-electron chi connectivity index (χ3n) is 4.13. The number of rotatable bonds is 5. The van der Waals surface area contributed by atoms with Crippen LogP contribution in [0.5, 0.6) is 0 Å². The fourth-order valence-corrected chi connectivity index (χ4v) is 3.02. The molecule has 2 unspecified atom stereocenters. The second-order valence-corrected chi connectivity index (χ2v) is 5.38. The Morgan fingerprint density at radius 3 is 2.50 bits per heavy atom. The number of hydrogen-bond donors (Lipinski definition) is 1. The average molecular weight is 247 g/mol. The van der Waals surface area contributed by atoms with Gasteiger partial charge in [-0.3, -0.25) is 0 Å². The first kappa shape index (κ1) is 13.6. The van der Waals surface area contributed by atoms with Crippen molar-refractivity contribution in [2.24, 2.45) is 11.7 Å². The minimum atomic E-state index is 0.278. The van der Waals surface area contributed by atoms with Gasteiger partial charge in [0.05, 0.1) is 0 Å². The molecule has 0 amide bonds. The van der Waals surface area contributed by atoms with Crippen molar-refractivity contribution in [3.8, 4) is 0 Å². The van der Waals surface area contributed by atoms with Crippen LogP contribution >= 0.6 is 0 Å². The fourth-order valence-electron chi connectivity index (χ4n) is 3.02. The highest BCUT2D eigenvalue weighted by atomic mass is 16.5. The molecular weight excluding hydrogens is 222 g/mol. The molecule has 1 aromatic carbocycles. The van der Waals surface area contributed by atoms with Gasteiger partial charge < -0.3 is 10.5 Å². The van der Waals surface area contributed by atoms with E-state index in [2.05, 4.69) is 37.3 Å². The van der Waals surface area contributed by atoms with Gasteiger partial charge in [-0.1, -0.05) is 37.3 Å². The molecule has 1 saturated heterocycles. The maximum absolute atomic E-state index is 6.45. The van der Waals surface area contributed by atoms with Crippen LogP contribution in [0.4, 0.5) is 0 Å². The van der Waals surface area contributed by atoms with Gasteiger partial charge in [0.1, 0.15) is 0 Å². The molecule has 1 fully saturated rings. The maximum atomic E-state index is 6.45. The van der Waals surface area contributed by atoms with Crippen LogP contribution in [0, 0.1) is 5.92 Å². The summed E-state index contributed by atoms with van der Waals surface area (Å²) < 4.78 is 5.41. The van der Waals surface area contributed by atoms with Crippen molar-refractivity contribution in [3.63, 3.8) is 0 Å². The molecule has 100 valence electrons. The summed E-state index contributed by atoms with van der Waals surface area (Å²) in [7, 11) is 0. The Balaban J connectivity index is 1.94. The van der Waals surface area contributed by atoms with E-state index in [4.69, 9.17) is 10.5 Å². The Labute approximate surface area is 111 Å². The molecule has 1 aliphatic rings. The van der Waals surface area contributed by atoms with Crippen LogP contribution in [-0.4, -0.2) is 19.3 Å². The van der Waals surface area contributed by atoms with Crippen molar-refractivity contribution in [1.29, 1.82) is 0 Å². The van der Waals surface area contributed by atoms with Crippen LogP contribution < -0.4 is 5.73 Å². The molecule has 2 atom stereocenters. The molecule has 0 aliphatic carbocycles. The Morgan fingerprint density at radius 1 is 1.22 bits per heavy atom. The summed E-state index contributed by atoms with van der Waals surface area (Å²) in [5, 5.41) is 0. The van der Waals surface area contributed by atoms with E-state index in [1.165, 1.54) is 18.4 Å². The van der Waals surface area contributed by atoms with Gasteiger partial charge in [-0.25, -0.2) is 0 Å². The largest absolute Gasteiger partial charge is 0.381 e. The minimum Gasteiger partial charge on any atom is -0.381 e. The van der Waals surface area contributed by atoms with Gasteiger partial charge in [-0.05, 0) is 43.1 Å². The number of benzene rings is 1. The van der Waals surface area contributed by atoms with E-state index < -0.39 is 0 Å². The SMILES string of the molecule is CCC(c1ccccc1)C(N)CC1CCOCC1. The van der Waals surface area contributed by atoms with E-state index in [1.54, 1.807) is 0 Å². The normalized spacial score (nSPS) is 20.6. The maximum Gasteiger partial charge on any atom is 0.0468 e. The second-order valence-electron chi connectivity index (χ2n) is 5.38. The zero-order valence-corrected chi connectivity index (χ0v) is 11.3. The molecule has 2 heteroatoms. The lowest BCUT2D eigenvalue weighted by Gasteiger charge is -2.29. The summed E-state index contributed by atoms with van der Waals surface area (Å²) in [6.45, 7) is 4.07. The fraction of sp³-hybridized carbons (Fsp3) is 0.625. The lowest BCUT2D eigenvalue weighted by atomic mass is 9.82. The lowest BCUT2D eigenvalue weighted by molar-refractivity contribution is 0.0609. The summed E-state index contributed by atoms with van der Waals surface area (Å²) in [4.78, 5) is 0. The summed E-state index contributed by atoms with van der Waals surface area (Å²) in [6.07, 6.45) is 4.61. The van der Waals surface area contributed by atoms with Crippen molar-refractivity contribution >= 4 is 0 Å². The summed E-state index contributed by atoms with van der Waals surface area (Å²) in [6, 6.07) is 11.0. The van der Waals surface area contributed by atoms with Gasteiger partial charge in [-0.15, -0.1) is 0 Å². The molecule has 2 rings (SSSR count). The van der Waals surface area contributed by atoms with Gasteiger partial charge in [0.15, 0.2) is 0 Å². The predicted octanol–water partition coefficient (Wildman–Crippen LogP) is 3.32. The zero-order valence-electron chi connectivity index (χ0n) is 11.3. The van der Waals surface area contributed by atoms with E-state index in [0.717, 1.165) is 32.0 Å². The standard InChI is InChI=1S/C16H25NO/c1-2-15(14-6-4-3-5-7-14)16(17)12-13-8-10-18-11-9-13/h3-7,13,15-16H,2,8-12,17H2,1H3. The third kappa shape index (κ3) is 3.56. The first-order chi connectivity index (χ1) is 8.81. The zero-order chi connectivity index (χ0) is 12.8. The molecular formula is C16H25NO. The molecule has 0 bridgehead atoms. The summed E-state index contributed by atoms with van der Waals surface area (Å²) >= 11 is 0. The van der Waals surface area contributed by atoms with E-state index in [-0.39, 0.29) is 6.04 Å². The molecule has 0 aromatic heterocycles.